The maximum atomic E-state index is 5.90. The molecule has 7 nitrogen and oxygen atoms in total. The summed E-state index contributed by atoms with van der Waals surface area (Å²) in [5.74, 6) is 0. The van der Waals surface area contributed by atoms with Gasteiger partial charge in [0.15, 0.2) is 0 Å². The Labute approximate surface area is 201 Å². The lowest BCUT2D eigenvalue weighted by Crippen LogP contribution is -2.19. The second-order valence-electron chi connectivity index (χ2n) is 8.33. The van der Waals surface area contributed by atoms with Crippen molar-refractivity contribution in [2.24, 2.45) is 5.73 Å². The molecule has 0 unspecified atom stereocenters. The van der Waals surface area contributed by atoms with Crippen LogP contribution in [0.4, 0.5) is 10.3 Å². The first-order chi connectivity index (χ1) is 16.0. The molecule has 0 aliphatic carbocycles. The van der Waals surface area contributed by atoms with E-state index in [4.69, 9.17) is 28.4 Å². The van der Waals surface area contributed by atoms with E-state index in [9.17, 15) is 0 Å². The number of hydrogen-bond donors (Lipinski definition) is 3. The summed E-state index contributed by atoms with van der Waals surface area (Å²) in [6.45, 7) is 3.69. The summed E-state index contributed by atoms with van der Waals surface area (Å²) < 4.78 is 8.04. The Balaban J connectivity index is 1.58. The van der Waals surface area contributed by atoms with Gasteiger partial charge in [0.25, 0.3) is 0 Å². The molecule has 1 atom stereocenters. The lowest BCUT2D eigenvalue weighted by atomic mass is 10.0. The van der Waals surface area contributed by atoms with Crippen LogP contribution in [0.3, 0.4) is 0 Å². The molecule has 4 aromatic rings. The third-order valence-electron chi connectivity index (χ3n) is 6.18. The van der Waals surface area contributed by atoms with Gasteiger partial charge in [0.1, 0.15) is 4.99 Å². The molecular formula is C24H26N6OS2. The number of nitrogens with zero attached hydrogens (tertiary/aromatic N) is 3. The Morgan fingerprint density at radius 3 is 2.76 bits per heavy atom. The summed E-state index contributed by atoms with van der Waals surface area (Å²) in [4.78, 5) is 0.407. The second kappa shape index (κ2) is 9.09. The predicted octanol–water partition coefficient (Wildman–Crippen LogP) is 4.90. The molecule has 1 saturated heterocycles. The molecule has 3 heterocycles. The fourth-order valence-electron chi connectivity index (χ4n) is 4.43. The van der Waals surface area contributed by atoms with Crippen molar-refractivity contribution in [2.45, 2.75) is 31.8 Å². The maximum absolute atomic E-state index is 5.90. The van der Waals surface area contributed by atoms with Crippen molar-refractivity contribution in [1.82, 2.24) is 14.8 Å². The average Bonchev–Trinajstić information content (AvgIpc) is 3.42. The van der Waals surface area contributed by atoms with Crippen LogP contribution in [0.25, 0.3) is 22.0 Å². The standard InChI is InChI=1S/C24H26N6OS2/c1-14(27-24-29-28-23(26)33-24)15-5-6-19-20(16-3-2-4-17(11-16)22(25)32)13-30(21(19)12-15)18-7-9-31-10-8-18/h2-6,11-14,18H,7-10H2,1H3,(H2,25,32)(H2,26,28)(H,27,29)/t14-/m1/s1. The molecular weight excluding hydrogens is 452 g/mol. The van der Waals surface area contributed by atoms with Gasteiger partial charge in [-0.1, -0.05) is 53.9 Å². The number of nitrogens with two attached hydrogens (primary N) is 2. The molecule has 1 fully saturated rings. The molecule has 1 aliphatic rings. The normalized spacial score (nSPS) is 15.5. The average molecular weight is 479 g/mol. The van der Waals surface area contributed by atoms with Gasteiger partial charge in [-0.2, -0.15) is 0 Å². The molecule has 170 valence electrons. The van der Waals surface area contributed by atoms with Crippen LogP contribution >= 0.6 is 23.6 Å². The van der Waals surface area contributed by atoms with E-state index in [-0.39, 0.29) is 6.04 Å². The Hall–Kier alpha value is -3.01. The Morgan fingerprint density at radius 1 is 1.21 bits per heavy atom. The number of fused-ring (bicyclic) bond motifs is 1. The number of thiocarbonyl (C=S) groups is 1. The zero-order valence-electron chi connectivity index (χ0n) is 18.3. The van der Waals surface area contributed by atoms with Gasteiger partial charge in [0, 0.05) is 47.5 Å². The molecule has 0 amide bonds. The Bertz CT molecular complexity index is 1310. The highest BCUT2D eigenvalue weighted by molar-refractivity contribution is 7.80. The summed E-state index contributed by atoms with van der Waals surface area (Å²) in [7, 11) is 0. The van der Waals surface area contributed by atoms with Crippen molar-refractivity contribution in [3.05, 3.63) is 59.8 Å². The predicted molar refractivity (Wildman–Crippen MR) is 139 cm³/mol. The minimum absolute atomic E-state index is 0.0566. The number of benzene rings is 2. The highest BCUT2D eigenvalue weighted by atomic mass is 32.1. The first kappa shape index (κ1) is 21.8. The first-order valence-corrected chi connectivity index (χ1v) is 12.2. The molecule has 0 radical (unpaired) electrons. The number of nitrogen functional groups attached to an aromatic ring is 1. The molecule has 5 rings (SSSR count). The smallest absolute Gasteiger partial charge is 0.207 e. The minimum Gasteiger partial charge on any atom is -0.389 e. The largest absolute Gasteiger partial charge is 0.389 e. The topological polar surface area (TPSA) is 104 Å². The third-order valence-corrected chi connectivity index (χ3v) is 7.10. The lowest BCUT2D eigenvalue weighted by molar-refractivity contribution is 0.0707. The van der Waals surface area contributed by atoms with Crippen LogP contribution in [-0.4, -0.2) is 33.0 Å². The summed E-state index contributed by atoms with van der Waals surface area (Å²) in [6.07, 6.45) is 4.27. The lowest BCUT2D eigenvalue weighted by Gasteiger charge is -2.25. The van der Waals surface area contributed by atoms with Gasteiger partial charge < -0.3 is 26.1 Å². The monoisotopic (exact) mass is 478 g/mol. The molecule has 9 heteroatoms. The minimum atomic E-state index is 0.0566. The first-order valence-electron chi connectivity index (χ1n) is 11.0. The quantitative estimate of drug-likeness (QED) is 0.339. The molecule has 2 aromatic carbocycles. The van der Waals surface area contributed by atoms with E-state index in [2.05, 4.69) is 63.5 Å². The summed E-state index contributed by atoms with van der Waals surface area (Å²) in [5.41, 5.74) is 17.2. The molecule has 0 bridgehead atoms. The van der Waals surface area contributed by atoms with Crippen LogP contribution in [0.2, 0.25) is 0 Å². The summed E-state index contributed by atoms with van der Waals surface area (Å²) in [6, 6.07) is 15.2. The fraction of sp³-hybridized carbons (Fsp3) is 0.292. The van der Waals surface area contributed by atoms with Crippen molar-refractivity contribution in [2.75, 3.05) is 24.3 Å². The second-order valence-corrected chi connectivity index (χ2v) is 9.78. The molecule has 2 aromatic heterocycles. The number of rotatable bonds is 6. The van der Waals surface area contributed by atoms with Crippen molar-refractivity contribution < 1.29 is 4.74 Å². The van der Waals surface area contributed by atoms with Crippen LogP contribution in [0.1, 0.15) is 43.0 Å². The molecule has 5 N–H and O–H groups in total. The molecule has 1 aliphatic heterocycles. The van der Waals surface area contributed by atoms with Crippen molar-refractivity contribution in [1.29, 1.82) is 0 Å². The van der Waals surface area contributed by atoms with Crippen LogP contribution in [0, 0.1) is 0 Å². The summed E-state index contributed by atoms with van der Waals surface area (Å²) >= 11 is 6.56. The summed E-state index contributed by atoms with van der Waals surface area (Å²) in [5, 5.41) is 13.8. The highest BCUT2D eigenvalue weighted by Crippen LogP contribution is 2.37. The van der Waals surface area contributed by atoms with E-state index in [0.29, 0.717) is 16.2 Å². The Morgan fingerprint density at radius 2 is 2.03 bits per heavy atom. The van der Waals surface area contributed by atoms with E-state index in [0.717, 1.165) is 42.3 Å². The van der Waals surface area contributed by atoms with Crippen LogP contribution in [0.15, 0.2) is 48.7 Å². The van der Waals surface area contributed by atoms with Gasteiger partial charge in [0.2, 0.25) is 10.3 Å². The zero-order chi connectivity index (χ0) is 22.9. The van der Waals surface area contributed by atoms with Gasteiger partial charge >= 0.3 is 0 Å². The van der Waals surface area contributed by atoms with E-state index in [1.165, 1.54) is 33.4 Å². The van der Waals surface area contributed by atoms with Crippen molar-refractivity contribution >= 4 is 49.7 Å². The number of hydrogen-bond acceptors (Lipinski definition) is 7. The van der Waals surface area contributed by atoms with E-state index < -0.39 is 0 Å². The third kappa shape index (κ3) is 4.44. The van der Waals surface area contributed by atoms with Gasteiger partial charge in [-0.15, -0.1) is 10.2 Å². The molecule has 0 spiro atoms. The number of anilines is 2. The number of nitrogens with one attached hydrogen (secondary N) is 1. The van der Waals surface area contributed by atoms with Gasteiger partial charge in [0.05, 0.1) is 6.04 Å². The SMILES string of the molecule is C[C@@H](Nc1nnc(N)s1)c1ccc2c(-c3cccc(C(N)=S)c3)cn(C3CCOCC3)c2c1. The van der Waals surface area contributed by atoms with Crippen LogP contribution in [-0.2, 0) is 4.74 Å². The van der Waals surface area contributed by atoms with Crippen LogP contribution in [0.5, 0.6) is 0 Å². The van der Waals surface area contributed by atoms with Gasteiger partial charge in [-0.25, -0.2) is 0 Å². The van der Waals surface area contributed by atoms with Gasteiger partial charge in [-0.3, -0.25) is 0 Å². The Kier molecular flexibility index (Phi) is 6.01. The van der Waals surface area contributed by atoms with E-state index >= 15 is 0 Å². The van der Waals surface area contributed by atoms with E-state index in [1.807, 2.05) is 12.1 Å². The van der Waals surface area contributed by atoms with Crippen LogP contribution < -0.4 is 16.8 Å². The molecule has 0 saturated carbocycles. The fourth-order valence-corrected chi connectivity index (χ4v) is 5.16. The number of ether oxygens (including phenoxy) is 1. The number of aromatic nitrogens is 3. The van der Waals surface area contributed by atoms with Crippen molar-refractivity contribution in [3.63, 3.8) is 0 Å². The maximum Gasteiger partial charge on any atom is 0.207 e. The highest BCUT2D eigenvalue weighted by Gasteiger charge is 2.21. The van der Waals surface area contributed by atoms with Gasteiger partial charge in [-0.05, 0) is 43.0 Å². The van der Waals surface area contributed by atoms with Crippen molar-refractivity contribution in [3.8, 4) is 11.1 Å². The molecule has 33 heavy (non-hydrogen) atoms. The zero-order valence-corrected chi connectivity index (χ0v) is 20.0. The van der Waals surface area contributed by atoms with E-state index in [1.54, 1.807) is 0 Å².